The van der Waals surface area contributed by atoms with Gasteiger partial charge in [-0.2, -0.15) is 0 Å². The molecule has 0 fully saturated rings. The Morgan fingerprint density at radius 3 is 2.88 bits per heavy atom. The fourth-order valence-electron chi connectivity index (χ4n) is 1.54. The molecule has 0 atom stereocenters. The molecule has 0 aliphatic carbocycles. The number of rotatable bonds is 2. The Hall–Kier alpha value is -2.10. The van der Waals surface area contributed by atoms with Gasteiger partial charge in [-0.3, -0.25) is 4.79 Å². The number of fused-ring (bicyclic) bond motifs is 1. The van der Waals surface area contributed by atoms with E-state index in [-0.39, 0.29) is 11.5 Å². The van der Waals surface area contributed by atoms with E-state index < -0.39 is 5.97 Å². The number of nitrogens with one attached hydrogen (secondary N) is 1. The van der Waals surface area contributed by atoms with Crippen LogP contribution in [0.1, 0.15) is 17.3 Å². The average molecular weight is 217 g/mol. The molecule has 0 unspecified atom stereocenters. The maximum Gasteiger partial charge on any atom is 0.332 e. The van der Waals surface area contributed by atoms with Crippen LogP contribution >= 0.6 is 0 Å². The van der Waals surface area contributed by atoms with Gasteiger partial charge in [0, 0.05) is 11.3 Å². The maximum atomic E-state index is 11.8. The number of esters is 1. The molecule has 0 saturated carbocycles. The number of ketones is 1. The van der Waals surface area contributed by atoms with Gasteiger partial charge in [-0.25, -0.2) is 4.79 Å². The van der Waals surface area contributed by atoms with Gasteiger partial charge >= 0.3 is 5.97 Å². The molecule has 1 aromatic rings. The van der Waals surface area contributed by atoms with E-state index in [1.54, 1.807) is 25.1 Å². The van der Waals surface area contributed by atoms with Crippen LogP contribution in [0.15, 0.2) is 36.0 Å². The van der Waals surface area contributed by atoms with Crippen molar-refractivity contribution in [3.8, 4) is 0 Å². The molecule has 0 saturated heterocycles. The fourth-order valence-corrected chi connectivity index (χ4v) is 1.54. The second-order valence-corrected chi connectivity index (χ2v) is 3.31. The first-order valence-corrected chi connectivity index (χ1v) is 5.01. The lowest BCUT2D eigenvalue weighted by atomic mass is 10.1. The Balaban J connectivity index is 2.25. The Kier molecular flexibility index (Phi) is 2.72. The molecule has 0 aromatic heterocycles. The lowest BCUT2D eigenvalue weighted by Gasteiger charge is -1.98. The summed E-state index contributed by atoms with van der Waals surface area (Å²) in [4.78, 5) is 23.0. The van der Waals surface area contributed by atoms with Crippen molar-refractivity contribution in [2.24, 2.45) is 0 Å². The number of allylic oxidation sites excluding steroid dienone is 1. The van der Waals surface area contributed by atoms with Crippen molar-refractivity contribution >= 4 is 17.4 Å². The zero-order valence-corrected chi connectivity index (χ0v) is 8.82. The number of carbonyl (C=O) groups excluding carboxylic acids is 2. The van der Waals surface area contributed by atoms with Gasteiger partial charge in [0.25, 0.3) is 0 Å². The molecule has 16 heavy (non-hydrogen) atoms. The van der Waals surface area contributed by atoms with Gasteiger partial charge in [0.2, 0.25) is 5.78 Å². The summed E-state index contributed by atoms with van der Waals surface area (Å²) in [7, 11) is 0. The van der Waals surface area contributed by atoms with Gasteiger partial charge in [-0.15, -0.1) is 0 Å². The van der Waals surface area contributed by atoms with Gasteiger partial charge in [0.15, 0.2) is 0 Å². The van der Waals surface area contributed by atoms with Crippen molar-refractivity contribution in [2.45, 2.75) is 6.92 Å². The monoisotopic (exact) mass is 217 g/mol. The van der Waals surface area contributed by atoms with Crippen LogP contribution in [0.2, 0.25) is 0 Å². The molecule has 82 valence electrons. The van der Waals surface area contributed by atoms with E-state index in [9.17, 15) is 9.59 Å². The first-order chi connectivity index (χ1) is 7.72. The number of hydrogen-bond donors (Lipinski definition) is 1. The number of ether oxygens (including phenoxy) is 1. The van der Waals surface area contributed by atoms with Gasteiger partial charge in [0.05, 0.1) is 18.4 Å². The Labute approximate surface area is 92.9 Å². The van der Waals surface area contributed by atoms with E-state index in [0.29, 0.717) is 12.2 Å². The highest BCUT2D eigenvalue weighted by Crippen LogP contribution is 2.27. The third-order valence-corrected chi connectivity index (χ3v) is 2.23. The molecule has 1 aliphatic heterocycles. The molecular formula is C12H11NO3. The minimum absolute atomic E-state index is 0.177. The van der Waals surface area contributed by atoms with E-state index in [1.807, 2.05) is 6.07 Å². The van der Waals surface area contributed by atoms with Gasteiger partial charge in [-0.1, -0.05) is 12.1 Å². The van der Waals surface area contributed by atoms with Crippen molar-refractivity contribution in [2.75, 3.05) is 11.9 Å². The van der Waals surface area contributed by atoms with Gasteiger partial charge in [-0.05, 0) is 19.1 Å². The molecule has 4 nitrogen and oxygen atoms in total. The molecular weight excluding hydrogens is 206 g/mol. The summed E-state index contributed by atoms with van der Waals surface area (Å²) in [6, 6.07) is 7.12. The fraction of sp³-hybridized carbons (Fsp3) is 0.167. The minimum Gasteiger partial charge on any atom is -0.463 e. The number of benzene rings is 1. The topological polar surface area (TPSA) is 55.4 Å². The molecule has 0 bridgehead atoms. The van der Waals surface area contributed by atoms with Crippen LogP contribution in [0.3, 0.4) is 0 Å². The standard InChI is InChI=1S/C12H11NO3/c1-2-16-11(14)7-10-12(15)8-5-3-4-6-9(8)13-10/h3-7,13H,2H2,1H3/b10-7-. The maximum absolute atomic E-state index is 11.8. The van der Waals surface area contributed by atoms with E-state index in [1.165, 1.54) is 6.08 Å². The van der Waals surface area contributed by atoms with E-state index in [0.717, 1.165) is 5.69 Å². The molecule has 0 radical (unpaired) electrons. The van der Waals surface area contributed by atoms with Crippen LogP contribution in [-0.4, -0.2) is 18.4 Å². The van der Waals surface area contributed by atoms with Gasteiger partial charge < -0.3 is 10.1 Å². The molecule has 1 N–H and O–H groups in total. The van der Waals surface area contributed by atoms with Crippen LogP contribution in [0.25, 0.3) is 0 Å². The van der Waals surface area contributed by atoms with Crippen LogP contribution in [0, 0.1) is 0 Å². The molecule has 0 spiro atoms. The van der Waals surface area contributed by atoms with Crippen molar-refractivity contribution in [1.82, 2.24) is 0 Å². The number of anilines is 1. The lowest BCUT2D eigenvalue weighted by molar-refractivity contribution is -0.137. The molecule has 0 amide bonds. The van der Waals surface area contributed by atoms with E-state index in [4.69, 9.17) is 4.74 Å². The highest BCUT2D eigenvalue weighted by atomic mass is 16.5. The SMILES string of the molecule is CCOC(=O)/C=C1\Nc2ccccc2C1=O. The van der Waals surface area contributed by atoms with Crippen molar-refractivity contribution in [3.05, 3.63) is 41.6 Å². The number of carbonyl (C=O) groups is 2. The summed E-state index contributed by atoms with van der Waals surface area (Å²) in [5.41, 5.74) is 1.57. The van der Waals surface area contributed by atoms with Crippen LogP contribution in [0.5, 0.6) is 0 Å². The van der Waals surface area contributed by atoms with Crippen molar-refractivity contribution in [3.63, 3.8) is 0 Å². The van der Waals surface area contributed by atoms with Crippen LogP contribution < -0.4 is 5.32 Å². The molecule has 1 heterocycles. The smallest absolute Gasteiger partial charge is 0.332 e. The summed E-state index contributed by atoms with van der Waals surface area (Å²) >= 11 is 0. The summed E-state index contributed by atoms with van der Waals surface area (Å²) in [6.07, 6.45) is 1.19. The van der Waals surface area contributed by atoms with Crippen LogP contribution in [-0.2, 0) is 9.53 Å². The quantitative estimate of drug-likeness (QED) is 0.605. The lowest BCUT2D eigenvalue weighted by Crippen LogP contribution is -2.07. The van der Waals surface area contributed by atoms with E-state index in [2.05, 4.69) is 5.32 Å². The molecule has 1 aliphatic rings. The summed E-state index contributed by atoms with van der Waals surface area (Å²) in [5, 5.41) is 2.88. The predicted molar refractivity (Wildman–Crippen MR) is 59.1 cm³/mol. The minimum atomic E-state index is -0.508. The summed E-state index contributed by atoms with van der Waals surface area (Å²) < 4.78 is 4.74. The number of Topliss-reactive ketones (excluding diaryl/α,β-unsaturated/α-hetero) is 1. The summed E-state index contributed by atoms with van der Waals surface area (Å²) in [5.74, 6) is -0.685. The molecule has 2 rings (SSSR count). The Bertz CT molecular complexity index is 477. The average Bonchev–Trinajstić information content (AvgIpc) is 2.57. The molecule has 4 heteroatoms. The number of hydrogen-bond acceptors (Lipinski definition) is 4. The number of para-hydroxylation sites is 1. The predicted octanol–water partition coefficient (Wildman–Crippen LogP) is 1.74. The second kappa shape index (κ2) is 4.18. The third kappa shape index (κ3) is 1.82. The zero-order chi connectivity index (χ0) is 11.5. The normalized spacial score (nSPS) is 15.8. The Morgan fingerprint density at radius 2 is 2.19 bits per heavy atom. The van der Waals surface area contributed by atoms with Gasteiger partial charge in [0.1, 0.15) is 0 Å². The zero-order valence-electron chi connectivity index (χ0n) is 8.82. The largest absolute Gasteiger partial charge is 0.463 e. The molecule has 1 aromatic carbocycles. The van der Waals surface area contributed by atoms with Crippen LogP contribution in [0.4, 0.5) is 5.69 Å². The highest BCUT2D eigenvalue weighted by Gasteiger charge is 2.24. The van der Waals surface area contributed by atoms with Crippen molar-refractivity contribution < 1.29 is 14.3 Å². The first kappa shape index (κ1) is 10.4. The first-order valence-electron chi connectivity index (χ1n) is 5.01. The second-order valence-electron chi connectivity index (χ2n) is 3.31. The van der Waals surface area contributed by atoms with E-state index >= 15 is 0 Å². The van der Waals surface area contributed by atoms with Crippen molar-refractivity contribution in [1.29, 1.82) is 0 Å². The summed E-state index contributed by atoms with van der Waals surface area (Å²) in [6.45, 7) is 2.01. The highest BCUT2D eigenvalue weighted by molar-refractivity contribution is 6.20. The third-order valence-electron chi connectivity index (χ3n) is 2.23. The Morgan fingerprint density at radius 1 is 1.44 bits per heavy atom.